The average molecular weight is 434 g/mol. The summed E-state index contributed by atoms with van der Waals surface area (Å²) in [5.74, 6) is -0.867. The van der Waals surface area contributed by atoms with Crippen LogP contribution in [0.15, 0.2) is 48.0 Å². The second kappa shape index (κ2) is 9.02. The largest absolute Gasteiger partial charge is 0.372 e. The van der Waals surface area contributed by atoms with E-state index in [-0.39, 0.29) is 10.7 Å². The van der Waals surface area contributed by atoms with Crippen molar-refractivity contribution in [2.45, 2.75) is 39.5 Å². The highest BCUT2D eigenvalue weighted by Gasteiger charge is 2.34. The number of amides is 2. The van der Waals surface area contributed by atoms with E-state index in [1.54, 1.807) is 6.08 Å². The van der Waals surface area contributed by atoms with Crippen molar-refractivity contribution in [3.8, 4) is 0 Å². The molecule has 31 heavy (non-hydrogen) atoms. The van der Waals surface area contributed by atoms with Gasteiger partial charge in [0.2, 0.25) is 0 Å². The highest BCUT2D eigenvalue weighted by molar-refractivity contribution is 7.80. The summed E-state index contributed by atoms with van der Waals surface area (Å²) in [7, 11) is 0. The summed E-state index contributed by atoms with van der Waals surface area (Å²) in [6.45, 7) is 6.23. The Balaban J connectivity index is 1.63. The molecule has 5 nitrogen and oxygen atoms in total. The zero-order valence-electron chi connectivity index (χ0n) is 18.0. The molecule has 0 spiro atoms. The third-order valence-corrected chi connectivity index (χ3v) is 6.26. The van der Waals surface area contributed by atoms with E-state index in [1.165, 1.54) is 35.4 Å². The molecule has 2 aromatic carbocycles. The van der Waals surface area contributed by atoms with Crippen molar-refractivity contribution < 1.29 is 9.59 Å². The Labute approximate surface area is 188 Å². The zero-order chi connectivity index (χ0) is 22.0. The van der Waals surface area contributed by atoms with Gasteiger partial charge in [-0.05, 0) is 91.9 Å². The predicted octanol–water partition coefficient (Wildman–Crippen LogP) is 4.38. The Bertz CT molecular complexity index is 1050. The minimum atomic E-state index is -0.462. The first-order valence-electron chi connectivity index (χ1n) is 10.8. The van der Waals surface area contributed by atoms with Crippen LogP contribution in [0.5, 0.6) is 0 Å². The standard InChI is InChI=1S/C25H27N3O2S/c1-3-18-7-10-20(11-8-18)28-24(30)22(23(29)26-25(28)31)16-19-9-12-21(15-17(19)2)27-13-5-4-6-14-27/h7-12,15-16H,3-6,13-14H2,1-2H3,(H,26,29,31)/b22-16+. The molecule has 0 aromatic heterocycles. The molecule has 6 heteroatoms. The van der Waals surface area contributed by atoms with Crippen molar-refractivity contribution in [3.63, 3.8) is 0 Å². The van der Waals surface area contributed by atoms with Crippen LogP contribution in [0.3, 0.4) is 0 Å². The van der Waals surface area contributed by atoms with Crippen molar-refractivity contribution in [3.05, 3.63) is 64.7 Å². The van der Waals surface area contributed by atoms with Gasteiger partial charge in [-0.25, -0.2) is 0 Å². The highest BCUT2D eigenvalue weighted by atomic mass is 32.1. The molecule has 2 aliphatic heterocycles. The number of aryl methyl sites for hydroxylation is 2. The molecular weight excluding hydrogens is 406 g/mol. The van der Waals surface area contributed by atoms with Crippen LogP contribution >= 0.6 is 12.2 Å². The van der Waals surface area contributed by atoms with Gasteiger partial charge in [0.05, 0.1) is 5.69 Å². The van der Waals surface area contributed by atoms with E-state index in [9.17, 15) is 9.59 Å². The Hall–Kier alpha value is -2.99. The Morgan fingerprint density at radius 3 is 2.32 bits per heavy atom. The van der Waals surface area contributed by atoms with Crippen LogP contribution in [0.1, 0.15) is 42.9 Å². The number of carbonyl (C=O) groups is 2. The first kappa shape index (κ1) is 21.2. The van der Waals surface area contributed by atoms with Gasteiger partial charge < -0.3 is 4.90 Å². The third-order valence-electron chi connectivity index (χ3n) is 5.98. The summed E-state index contributed by atoms with van der Waals surface area (Å²) in [6, 6.07) is 13.8. The van der Waals surface area contributed by atoms with E-state index in [2.05, 4.69) is 29.3 Å². The summed E-state index contributed by atoms with van der Waals surface area (Å²) < 4.78 is 0. The normalized spacial score (nSPS) is 18.5. The monoisotopic (exact) mass is 433 g/mol. The van der Waals surface area contributed by atoms with E-state index < -0.39 is 11.8 Å². The second-order valence-electron chi connectivity index (χ2n) is 8.07. The van der Waals surface area contributed by atoms with Crippen molar-refractivity contribution >= 4 is 46.6 Å². The predicted molar refractivity (Wildman–Crippen MR) is 129 cm³/mol. The lowest BCUT2D eigenvalue weighted by Crippen LogP contribution is -2.54. The topological polar surface area (TPSA) is 52.7 Å². The van der Waals surface area contributed by atoms with Crippen molar-refractivity contribution in [2.75, 3.05) is 22.9 Å². The van der Waals surface area contributed by atoms with Crippen LogP contribution in [0.4, 0.5) is 11.4 Å². The summed E-state index contributed by atoms with van der Waals surface area (Å²) in [4.78, 5) is 29.6. The maximum absolute atomic E-state index is 13.2. The van der Waals surface area contributed by atoms with Gasteiger partial charge in [0, 0.05) is 18.8 Å². The summed E-state index contributed by atoms with van der Waals surface area (Å²) >= 11 is 5.30. The molecular formula is C25H27N3O2S. The number of piperidine rings is 1. The van der Waals surface area contributed by atoms with E-state index in [4.69, 9.17) is 12.2 Å². The number of benzene rings is 2. The van der Waals surface area contributed by atoms with E-state index in [0.717, 1.165) is 30.6 Å². The molecule has 2 fully saturated rings. The SMILES string of the molecule is CCc1ccc(N2C(=O)/C(=C/c3ccc(N4CCCCC4)cc3C)C(=O)NC2=S)cc1. The quantitative estimate of drug-likeness (QED) is 0.442. The number of hydrogen-bond acceptors (Lipinski definition) is 4. The van der Waals surface area contributed by atoms with Crippen LogP contribution < -0.4 is 15.1 Å². The molecule has 4 rings (SSSR count). The number of hydrogen-bond donors (Lipinski definition) is 1. The molecule has 1 N–H and O–H groups in total. The third kappa shape index (κ3) is 4.39. The minimum Gasteiger partial charge on any atom is -0.372 e. The van der Waals surface area contributed by atoms with Gasteiger partial charge in [0.15, 0.2) is 5.11 Å². The van der Waals surface area contributed by atoms with Crippen LogP contribution in [-0.2, 0) is 16.0 Å². The molecule has 160 valence electrons. The smallest absolute Gasteiger partial charge is 0.270 e. The van der Waals surface area contributed by atoms with E-state index in [1.807, 2.05) is 37.3 Å². The lowest BCUT2D eigenvalue weighted by molar-refractivity contribution is -0.122. The Morgan fingerprint density at radius 1 is 1.00 bits per heavy atom. The van der Waals surface area contributed by atoms with Gasteiger partial charge in [0.25, 0.3) is 11.8 Å². The summed E-state index contributed by atoms with van der Waals surface area (Å²) in [5, 5.41) is 2.77. The van der Waals surface area contributed by atoms with Crippen molar-refractivity contribution in [1.29, 1.82) is 0 Å². The molecule has 0 atom stereocenters. The first-order valence-corrected chi connectivity index (χ1v) is 11.2. The number of nitrogens with zero attached hydrogens (tertiary/aromatic N) is 2. The number of anilines is 2. The molecule has 0 unspecified atom stereocenters. The first-order chi connectivity index (χ1) is 15.0. The van der Waals surface area contributed by atoms with Gasteiger partial charge in [-0.2, -0.15) is 0 Å². The molecule has 2 heterocycles. The van der Waals surface area contributed by atoms with E-state index in [0.29, 0.717) is 5.69 Å². The Kier molecular flexibility index (Phi) is 6.18. The minimum absolute atomic E-state index is 0.0852. The van der Waals surface area contributed by atoms with Crippen LogP contribution in [-0.4, -0.2) is 30.0 Å². The maximum atomic E-state index is 13.2. The molecule has 2 saturated heterocycles. The van der Waals surface area contributed by atoms with Gasteiger partial charge in [-0.3, -0.25) is 19.8 Å². The van der Waals surface area contributed by atoms with Gasteiger partial charge >= 0.3 is 0 Å². The number of thiocarbonyl (C=S) groups is 1. The fraction of sp³-hybridized carbons (Fsp3) is 0.320. The molecule has 2 amide bonds. The summed E-state index contributed by atoms with van der Waals surface area (Å²) in [5.41, 5.74) is 4.98. The summed E-state index contributed by atoms with van der Waals surface area (Å²) in [6.07, 6.45) is 6.30. The second-order valence-corrected chi connectivity index (χ2v) is 8.45. The molecule has 0 saturated carbocycles. The van der Waals surface area contributed by atoms with Crippen LogP contribution in [0, 0.1) is 6.92 Å². The number of carbonyl (C=O) groups excluding carboxylic acids is 2. The molecule has 0 aliphatic carbocycles. The van der Waals surface area contributed by atoms with Gasteiger partial charge in [-0.1, -0.05) is 25.1 Å². The highest BCUT2D eigenvalue weighted by Crippen LogP contribution is 2.26. The fourth-order valence-corrected chi connectivity index (χ4v) is 4.38. The van der Waals surface area contributed by atoms with Crippen LogP contribution in [0.2, 0.25) is 0 Å². The maximum Gasteiger partial charge on any atom is 0.270 e. The zero-order valence-corrected chi connectivity index (χ0v) is 18.8. The lowest BCUT2D eigenvalue weighted by Gasteiger charge is -2.30. The average Bonchev–Trinajstić information content (AvgIpc) is 2.78. The number of rotatable bonds is 4. The molecule has 2 aliphatic rings. The van der Waals surface area contributed by atoms with Gasteiger partial charge in [-0.15, -0.1) is 0 Å². The van der Waals surface area contributed by atoms with E-state index >= 15 is 0 Å². The van der Waals surface area contributed by atoms with Crippen LogP contribution in [0.25, 0.3) is 6.08 Å². The molecule has 0 bridgehead atoms. The van der Waals surface area contributed by atoms with Crippen molar-refractivity contribution in [2.24, 2.45) is 0 Å². The number of nitrogens with one attached hydrogen (secondary N) is 1. The van der Waals surface area contributed by atoms with Crippen molar-refractivity contribution in [1.82, 2.24) is 5.32 Å². The Morgan fingerprint density at radius 2 is 1.68 bits per heavy atom. The van der Waals surface area contributed by atoms with Gasteiger partial charge in [0.1, 0.15) is 5.57 Å². The lowest BCUT2D eigenvalue weighted by atomic mass is 10.0. The molecule has 0 radical (unpaired) electrons. The molecule has 2 aromatic rings. The fourth-order valence-electron chi connectivity index (χ4n) is 4.10.